The molecule has 30 heavy (non-hydrogen) atoms. The van der Waals surface area contributed by atoms with Gasteiger partial charge in [0.1, 0.15) is 5.69 Å². The second-order valence-electron chi connectivity index (χ2n) is 7.57. The third kappa shape index (κ3) is 4.32. The minimum absolute atomic E-state index is 0.0959. The van der Waals surface area contributed by atoms with E-state index in [2.05, 4.69) is 0 Å². The van der Waals surface area contributed by atoms with Crippen LogP contribution in [0, 0.1) is 13.8 Å². The fourth-order valence-electron chi connectivity index (χ4n) is 3.89. The Morgan fingerprint density at radius 1 is 1.10 bits per heavy atom. The molecule has 0 aliphatic heterocycles. The predicted octanol–water partition coefficient (Wildman–Crippen LogP) is 4.04. The van der Waals surface area contributed by atoms with Crippen LogP contribution in [0.15, 0.2) is 30.3 Å². The molecule has 6 nitrogen and oxygen atoms in total. The number of hydrogen-bond donors (Lipinski definition) is 0. The molecule has 1 amide bonds. The summed E-state index contributed by atoms with van der Waals surface area (Å²) in [5, 5.41) is 0. The molecule has 1 heterocycles. The summed E-state index contributed by atoms with van der Waals surface area (Å²) in [6.45, 7) is 9.25. The SMILES string of the molecule is CCOC(=O)c1c(C)c(C(=O)[C@H](C)N(C)C(=O)[C@@H](CC)c2ccccc2)c(C)n1C. The third-order valence-electron chi connectivity index (χ3n) is 5.86. The van der Waals surface area contributed by atoms with Crippen LogP contribution in [-0.4, -0.2) is 46.8 Å². The van der Waals surface area contributed by atoms with Crippen molar-refractivity contribution in [2.45, 2.75) is 53.0 Å². The molecule has 0 spiro atoms. The number of esters is 1. The van der Waals surface area contributed by atoms with Crippen LogP contribution in [-0.2, 0) is 16.6 Å². The number of amides is 1. The van der Waals surface area contributed by atoms with Crippen molar-refractivity contribution in [2.75, 3.05) is 13.7 Å². The summed E-state index contributed by atoms with van der Waals surface area (Å²) >= 11 is 0. The highest BCUT2D eigenvalue weighted by Gasteiger charge is 2.33. The largest absolute Gasteiger partial charge is 0.461 e. The van der Waals surface area contributed by atoms with Gasteiger partial charge in [0, 0.05) is 25.4 Å². The first-order chi connectivity index (χ1) is 14.2. The lowest BCUT2D eigenvalue weighted by atomic mass is 9.93. The Morgan fingerprint density at radius 2 is 1.70 bits per heavy atom. The molecule has 0 saturated heterocycles. The molecule has 6 heteroatoms. The first kappa shape index (κ1) is 23.4. The summed E-state index contributed by atoms with van der Waals surface area (Å²) < 4.78 is 6.83. The zero-order chi connectivity index (χ0) is 22.6. The zero-order valence-electron chi connectivity index (χ0n) is 19.0. The number of aromatic nitrogens is 1. The van der Waals surface area contributed by atoms with Crippen molar-refractivity contribution < 1.29 is 19.1 Å². The molecule has 0 bridgehead atoms. The number of nitrogens with zero attached hydrogens (tertiary/aromatic N) is 2. The van der Waals surface area contributed by atoms with E-state index in [0.29, 0.717) is 28.9 Å². The molecule has 162 valence electrons. The quantitative estimate of drug-likeness (QED) is 0.485. The number of carbonyl (C=O) groups excluding carboxylic acids is 3. The standard InChI is InChI=1S/C24H32N2O4/c1-8-19(18-13-11-10-12-14-18)23(28)26(7)17(5)22(27)20-15(3)21(24(29)30-9-2)25(6)16(20)4/h10-14,17,19H,8-9H2,1-7H3/t17-,19-/m0/s1. The average molecular weight is 413 g/mol. The van der Waals surface area contributed by atoms with E-state index in [0.717, 1.165) is 5.56 Å². The van der Waals surface area contributed by atoms with Gasteiger partial charge in [-0.15, -0.1) is 0 Å². The molecule has 1 aromatic carbocycles. The number of ketones is 1. The van der Waals surface area contributed by atoms with Gasteiger partial charge in [-0.1, -0.05) is 37.3 Å². The van der Waals surface area contributed by atoms with E-state index < -0.39 is 12.0 Å². The summed E-state index contributed by atoms with van der Waals surface area (Å²) in [5.74, 6) is -1.04. The fraction of sp³-hybridized carbons (Fsp3) is 0.458. The average Bonchev–Trinajstić information content (AvgIpc) is 2.96. The second-order valence-corrected chi connectivity index (χ2v) is 7.57. The van der Waals surface area contributed by atoms with E-state index in [4.69, 9.17) is 4.74 Å². The highest BCUT2D eigenvalue weighted by molar-refractivity contribution is 6.06. The molecule has 2 atom stereocenters. The van der Waals surface area contributed by atoms with Crippen molar-refractivity contribution in [1.82, 2.24) is 9.47 Å². The van der Waals surface area contributed by atoms with Crippen LogP contribution in [0.3, 0.4) is 0 Å². The molecule has 0 aliphatic carbocycles. The summed E-state index contributed by atoms with van der Waals surface area (Å²) in [7, 11) is 3.41. The number of benzene rings is 1. The number of carbonyl (C=O) groups is 3. The Morgan fingerprint density at radius 3 is 2.23 bits per heavy atom. The van der Waals surface area contributed by atoms with E-state index in [1.807, 2.05) is 37.3 Å². The Bertz CT molecular complexity index is 930. The molecule has 2 rings (SSSR count). The smallest absolute Gasteiger partial charge is 0.355 e. The first-order valence-corrected chi connectivity index (χ1v) is 10.4. The van der Waals surface area contributed by atoms with Gasteiger partial charge in [-0.05, 0) is 45.2 Å². The van der Waals surface area contributed by atoms with E-state index in [-0.39, 0.29) is 24.2 Å². The Labute approximate surface area is 178 Å². The van der Waals surface area contributed by atoms with Crippen molar-refractivity contribution in [3.05, 3.63) is 58.4 Å². The van der Waals surface area contributed by atoms with Gasteiger partial charge >= 0.3 is 5.97 Å². The lowest BCUT2D eigenvalue weighted by molar-refractivity contribution is -0.132. The molecule has 0 radical (unpaired) electrons. The van der Waals surface area contributed by atoms with Crippen molar-refractivity contribution in [3.8, 4) is 0 Å². The predicted molar refractivity (Wildman–Crippen MR) is 117 cm³/mol. The van der Waals surface area contributed by atoms with Crippen LogP contribution >= 0.6 is 0 Å². The Balaban J connectivity index is 2.34. The highest BCUT2D eigenvalue weighted by Crippen LogP contribution is 2.26. The molecule has 0 aliphatic rings. The maximum Gasteiger partial charge on any atom is 0.355 e. The van der Waals surface area contributed by atoms with E-state index in [9.17, 15) is 14.4 Å². The van der Waals surface area contributed by atoms with Crippen molar-refractivity contribution in [3.63, 3.8) is 0 Å². The molecule has 0 N–H and O–H groups in total. The van der Waals surface area contributed by atoms with Gasteiger partial charge in [-0.2, -0.15) is 0 Å². The summed E-state index contributed by atoms with van der Waals surface area (Å²) in [6.07, 6.45) is 0.643. The molecule has 1 aromatic heterocycles. The molecule has 0 fully saturated rings. The number of rotatable bonds is 8. The monoisotopic (exact) mass is 412 g/mol. The maximum absolute atomic E-state index is 13.4. The maximum atomic E-state index is 13.4. The second kappa shape index (κ2) is 9.74. The number of likely N-dealkylation sites (N-methyl/N-ethyl adjacent to an activating group) is 1. The molecule has 2 aromatic rings. The van der Waals surface area contributed by atoms with Crippen molar-refractivity contribution in [1.29, 1.82) is 0 Å². The minimum atomic E-state index is -0.662. The van der Waals surface area contributed by atoms with Crippen molar-refractivity contribution >= 4 is 17.7 Å². The van der Waals surface area contributed by atoms with Gasteiger partial charge in [0.05, 0.1) is 18.6 Å². The third-order valence-corrected chi connectivity index (χ3v) is 5.86. The summed E-state index contributed by atoms with van der Waals surface area (Å²) in [4.78, 5) is 40.4. The van der Waals surface area contributed by atoms with Crippen LogP contribution in [0.1, 0.15) is 70.8 Å². The Hall–Kier alpha value is -2.89. The number of ether oxygens (including phenoxy) is 1. The van der Waals surface area contributed by atoms with Crippen molar-refractivity contribution in [2.24, 2.45) is 7.05 Å². The minimum Gasteiger partial charge on any atom is -0.461 e. The molecular formula is C24H32N2O4. The fourth-order valence-corrected chi connectivity index (χ4v) is 3.89. The van der Waals surface area contributed by atoms with Crippen LogP contribution in [0.2, 0.25) is 0 Å². The highest BCUT2D eigenvalue weighted by atomic mass is 16.5. The lowest BCUT2D eigenvalue weighted by Crippen LogP contribution is -2.43. The van der Waals surface area contributed by atoms with Crippen LogP contribution < -0.4 is 0 Å². The van der Waals surface area contributed by atoms with E-state index in [1.165, 1.54) is 4.90 Å². The summed E-state index contributed by atoms with van der Waals surface area (Å²) in [5.41, 5.74) is 3.05. The number of hydrogen-bond acceptors (Lipinski definition) is 4. The first-order valence-electron chi connectivity index (χ1n) is 10.4. The normalized spacial score (nSPS) is 12.9. The topological polar surface area (TPSA) is 68.6 Å². The molecule has 0 unspecified atom stereocenters. The van der Waals surface area contributed by atoms with E-state index in [1.54, 1.807) is 46.4 Å². The van der Waals surface area contributed by atoms with Crippen LogP contribution in [0.4, 0.5) is 0 Å². The van der Waals surface area contributed by atoms with E-state index >= 15 is 0 Å². The van der Waals surface area contributed by atoms with Gasteiger partial charge in [-0.25, -0.2) is 4.79 Å². The lowest BCUT2D eigenvalue weighted by Gasteiger charge is -2.28. The van der Waals surface area contributed by atoms with Gasteiger partial charge in [0.2, 0.25) is 5.91 Å². The molecule has 0 saturated carbocycles. The Kier molecular flexibility index (Phi) is 7.59. The number of Topliss-reactive ketones (excluding diaryl/α,β-unsaturated/α-hetero) is 1. The zero-order valence-corrected chi connectivity index (χ0v) is 19.0. The molecular weight excluding hydrogens is 380 g/mol. The van der Waals surface area contributed by atoms with Gasteiger partial charge < -0.3 is 14.2 Å². The van der Waals surface area contributed by atoms with Gasteiger partial charge in [-0.3, -0.25) is 9.59 Å². The van der Waals surface area contributed by atoms with Crippen LogP contribution in [0.25, 0.3) is 0 Å². The van der Waals surface area contributed by atoms with Crippen LogP contribution in [0.5, 0.6) is 0 Å². The van der Waals surface area contributed by atoms with Gasteiger partial charge in [0.15, 0.2) is 5.78 Å². The summed E-state index contributed by atoms with van der Waals surface area (Å²) in [6, 6.07) is 8.94. The van der Waals surface area contributed by atoms with Gasteiger partial charge in [0.25, 0.3) is 0 Å².